The number of rotatable bonds is 2. The highest BCUT2D eigenvalue weighted by molar-refractivity contribution is 5.41. The number of nitrogens with zero attached hydrogens (tertiary/aromatic N) is 5. The maximum Gasteiger partial charge on any atom is 0.433 e. The highest BCUT2D eigenvalue weighted by Crippen LogP contribution is 2.30. The molecule has 0 radical (unpaired) electrons. The number of anilines is 1. The van der Waals surface area contributed by atoms with Crippen LogP contribution in [0.2, 0.25) is 0 Å². The normalized spacial score (nSPS) is 14.6. The van der Waals surface area contributed by atoms with Gasteiger partial charge in [0.25, 0.3) is 0 Å². The molecule has 22 heavy (non-hydrogen) atoms. The summed E-state index contributed by atoms with van der Waals surface area (Å²) in [6.07, 6.45) is -1.41. The molecule has 0 bridgehead atoms. The molecule has 2 aromatic heterocycles. The van der Waals surface area contributed by atoms with Gasteiger partial charge in [-0.05, 0) is 6.07 Å². The SMILES string of the molecule is COc1ncnc2c1CN(c1nccc(C(F)(F)F)n1)CC2. The molecule has 1 aliphatic heterocycles. The van der Waals surface area contributed by atoms with Crippen LogP contribution in [0, 0.1) is 0 Å². The fourth-order valence-corrected chi connectivity index (χ4v) is 2.32. The lowest BCUT2D eigenvalue weighted by Gasteiger charge is -2.28. The summed E-state index contributed by atoms with van der Waals surface area (Å²) in [7, 11) is 1.49. The Balaban J connectivity index is 1.92. The van der Waals surface area contributed by atoms with Gasteiger partial charge in [0.15, 0.2) is 0 Å². The number of aromatic nitrogens is 4. The van der Waals surface area contributed by atoms with Crippen molar-refractivity contribution in [1.29, 1.82) is 0 Å². The molecule has 3 rings (SSSR count). The lowest BCUT2D eigenvalue weighted by Crippen LogP contribution is -2.33. The van der Waals surface area contributed by atoms with E-state index in [0.717, 1.165) is 23.5 Å². The van der Waals surface area contributed by atoms with E-state index in [0.29, 0.717) is 25.4 Å². The van der Waals surface area contributed by atoms with Gasteiger partial charge in [0.2, 0.25) is 11.8 Å². The van der Waals surface area contributed by atoms with Crippen molar-refractivity contribution in [3.8, 4) is 5.88 Å². The van der Waals surface area contributed by atoms with E-state index in [1.54, 1.807) is 4.90 Å². The van der Waals surface area contributed by atoms with Crippen LogP contribution in [0.1, 0.15) is 17.0 Å². The molecule has 0 fully saturated rings. The molecule has 6 nitrogen and oxygen atoms in total. The number of methoxy groups -OCH3 is 1. The van der Waals surface area contributed by atoms with E-state index in [-0.39, 0.29) is 5.95 Å². The van der Waals surface area contributed by atoms with Crippen LogP contribution in [0.3, 0.4) is 0 Å². The number of fused-ring (bicyclic) bond motifs is 1. The van der Waals surface area contributed by atoms with Crippen molar-refractivity contribution in [2.24, 2.45) is 0 Å². The van der Waals surface area contributed by atoms with E-state index in [1.165, 1.54) is 13.4 Å². The monoisotopic (exact) mass is 311 g/mol. The first-order chi connectivity index (χ1) is 10.5. The Morgan fingerprint density at radius 2 is 2.05 bits per heavy atom. The number of hydrogen-bond donors (Lipinski definition) is 0. The molecule has 3 heterocycles. The molecule has 0 saturated carbocycles. The van der Waals surface area contributed by atoms with E-state index in [4.69, 9.17) is 4.74 Å². The van der Waals surface area contributed by atoms with Crippen molar-refractivity contribution in [3.05, 3.63) is 35.5 Å². The van der Waals surface area contributed by atoms with Crippen LogP contribution in [-0.2, 0) is 19.1 Å². The second-order valence-electron chi connectivity index (χ2n) is 4.72. The Morgan fingerprint density at radius 1 is 1.23 bits per heavy atom. The molecular formula is C13H12F3N5O. The third-order valence-electron chi connectivity index (χ3n) is 3.37. The van der Waals surface area contributed by atoms with E-state index in [1.807, 2.05) is 0 Å². The van der Waals surface area contributed by atoms with Crippen molar-refractivity contribution >= 4 is 5.95 Å². The predicted molar refractivity (Wildman–Crippen MR) is 70.4 cm³/mol. The van der Waals surface area contributed by atoms with Crippen LogP contribution in [0.5, 0.6) is 5.88 Å². The second kappa shape index (κ2) is 5.39. The maximum absolute atomic E-state index is 12.7. The molecule has 9 heteroatoms. The summed E-state index contributed by atoms with van der Waals surface area (Å²) in [6, 6.07) is 0.852. The third kappa shape index (κ3) is 2.66. The minimum Gasteiger partial charge on any atom is -0.481 e. The lowest BCUT2D eigenvalue weighted by atomic mass is 10.1. The molecule has 0 N–H and O–H groups in total. The van der Waals surface area contributed by atoms with Gasteiger partial charge in [0.05, 0.1) is 24.9 Å². The van der Waals surface area contributed by atoms with Gasteiger partial charge in [-0.15, -0.1) is 0 Å². The number of halogens is 3. The van der Waals surface area contributed by atoms with Crippen molar-refractivity contribution in [3.63, 3.8) is 0 Å². The van der Waals surface area contributed by atoms with Gasteiger partial charge in [-0.1, -0.05) is 0 Å². The molecule has 0 aliphatic carbocycles. The van der Waals surface area contributed by atoms with Gasteiger partial charge in [0.1, 0.15) is 12.0 Å². The van der Waals surface area contributed by atoms with Crippen molar-refractivity contribution in [1.82, 2.24) is 19.9 Å². The first kappa shape index (κ1) is 14.5. The minimum absolute atomic E-state index is 0.0337. The average Bonchev–Trinajstić information content (AvgIpc) is 2.53. The van der Waals surface area contributed by atoms with Crippen molar-refractivity contribution < 1.29 is 17.9 Å². The summed E-state index contributed by atoms with van der Waals surface area (Å²) in [5.41, 5.74) is 0.618. The van der Waals surface area contributed by atoms with Crippen LogP contribution < -0.4 is 9.64 Å². The largest absolute Gasteiger partial charge is 0.481 e. The van der Waals surface area contributed by atoms with Crippen LogP contribution in [0.15, 0.2) is 18.6 Å². The summed E-state index contributed by atoms with van der Waals surface area (Å²) < 4.78 is 43.4. The molecule has 0 aromatic carbocycles. The Kier molecular flexibility index (Phi) is 3.55. The Bertz CT molecular complexity index is 677. The number of hydrogen-bond acceptors (Lipinski definition) is 6. The maximum atomic E-state index is 12.7. The van der Waals surface area contributed by atoms with E-state index in [9.17, 15) is 13.2 Å². The van der Waals surface area contributed by atoms with Crippen molar-refractivity contribution in [2.75, 3.05) is 18.6 Å². The van der Waals surface area contributed by atoms with Gasteiger partial charge in [-0.3, -0.25) is 0 Å². The summed E-state index contributed by atoms with van der Waals surface area (Å²) in [6.45, 7) is 0.787. The number of alkyl halides is 3. The van der Waals surface area contributed by atoms with Gasteiger partial charge in [-0.2, -0.15) is 13.2 Å². The Labute approximate surface area is 124 Å². The summed E-state index contributed by atoms with van der Waals surface area (Å²) in [4.78, 5) is 17.4. The number of ether oxygens (including phenoxy) is 1. The van der Waals surface area contributed by atoms with E-state index >= 15 is 0 Å². The standard InChI is InChI=1S/C13H12F3N5O/c1-22-11-8-6-21(5-3-9(8)18-7-19-11)12-17-4-2-10(20-12)13(14,15)16/h2,4,7H,3,5-6H2,1H3. The Morgan fingerprint density at radius 3 is 2.77 bits per heavy atom. The molecule has 1 aliphatic rings. The average molecular weight is 311 g/mol. The highest BCUT2D eigenvalue weighted by atomic mass is 19.4. The highest BCUT2D eigenvalue weighted by Gasteiger charge is 2.33. The molecule has 0 saturated heterocycles. The second-order valence-corrected chi connectivity index (χ2v) is 4.72. The Hall–Kier alpha value is -2.45. The smallest absolute Gasteiger partial charge is 0.433 e. The topological polar surface area (TPSA) is 64.0 Å². The molecular weight excluding hydrogens is 299 g/mol. The van der Waals surface area contributed by atoms with E-state index in [2.05, 4.69) is 19.9 Å². The van der Waals surface area contributed by atoms with Crippen LogP contribution in [-0.4, -0.2) is 33.6 Å². The molecule has 0 amide bonds. The van der Waals surface area contributed by atoms with Crippen LogP contribution in [0.4, 0.5) is 19.1 Å². The first-order valence-electron chi connectivity index (χ1n) is 6.51. The van der Waals surface area contributed by atoms with Gasteiger partial charge in [-0.25, -0.2) is 19.9 Å². The zero-order valence-corrected chi connectivity index (χ0v) is 11.6. The molecule has 0 spiro atoms. The van der Waals surface area contributed by atoms with Gasteiger partial charge >= 0.3 is 6.18 Å². The summed E-state index contributed by atoms with van der Waals surface area (Å²) in [5.74, 6) is 0.452. The molecule has 0 unspecified atom stereocenters. The quantitative estimate of drug-likeness (QED) is 0.843. The summed E-state index contributed by atoms with van der Waals surface area (Å²) in [5, 5.41) is 0. The molecule has 0 atom stereocenters. The fourth-order valence-electron chi connectivity index (χ4n) is 2.32. The lowest BCUT2D eigenvalue weighted by molar-refractivity contribution is -0.141. The zero-order valence-electron chi connectivity index (χ0n) is 11.6. The molecule has 116 valence electrons. The van der Waals surface area contributed by atoms with Gasteiger partial charge < -0.3 is 9.64 Å². The fraction of sp³-hybridized carbons (Fsp3) is 0.385. The van der Waals surface area contributed by atoms with Crippen LogP contribution >= 0.6 is 0 Å². The predicted octanol–water partition coefficient (Wildman–Crippen LogP) is 1.86. The molecule has 2 aromatic rings. The zero-order chi connectivity index (χ0) is 15.7. The van der Waals surface area contributed by atoms with Gasteiger partial charge in [0, 0.05) is 19.2 Å². The summed E-state index contributed by atoms with van der Waals surface area (Å²) >= 11 is 0. The first-order valence-corrected chi connectivity index (χ1v) is 6.51. The third-order valence-corrected chi connectivity index (χ3v) is 3.37. The minimum atomic E-state index is -4.49. The van der Waals surface area contributed by atoms with Crippen molar-refractivity contribution in [2.45, 2.75) is 19.1 Å². The van der Waals surface area contributed by atoms with E-state index < -0.39 is 11.9 Å². The van der Waals surface area contributed by atoms with Crippen LogP contribution in [0.25, 0.3) is 0 Å².